The second-order valence-corrected chi connectivity index (χ2v) is 4.80. The Balaban J connectivity index is 2.27. The van der Waals surface area contributed by atoms with E-state index < -0.39 is 0 Å². The lowest BCUT2D eigenvalue weighted by atomic mass is 9.54. The Labute approximate surface area is 73.1 Å². The zero-order valence-electron chi connectivity index (χ0n) is 7.71. The summed E-state index contributed by atoms with van der Waals surface area (Å²) < 4.78 is 0.0312. The summed E-state index contributed by atoms with van der Waals surface area (Å²) in [5.74, 6) is 6.71. The maximum absolute atomic E-state index is 10.7. The van der Waals surface area contributed by atoms with Gasteiger partial charge < -0.3 is 0 Å². The summed E-state index contributed by atoms with van der Waals surface area (Å²) in [4.78, 5) is 10.7. The number of fused-ring (bicyclic) bond motifs is 2. The van der Waals surface area contributed by atoms with Crippen molar-refractivity contribution in [1.29, 1.82) is 0 Å². The maximum atomic E-state index is 10.7. The molecule has 3 heteroatoms. The molecule has 1 amide bonds. The molecule has 2 saturated heterocycles. The quantitative estimate of drug-likeness (QED) is 0.353. The molecule has 3 unspecified atom stereocenters. The van der Waals surface area contributed by atoms with Crippen LogP contribution < -0.4 is 5.84 Å². The topological polar surface area (TPSA) is 43.1 Å². The van der Waals surface area contributed by atoms with E-state index in [0.29, 0.717) is 6.04 Å². The minimum Gasteiger partial charge on any atom is -0.213 e. The number of nitrogens with zero attached hydrogens (tertiary/aromatic N) is 1. The fourth-order valence-electron chi connectivity index (χ4n) is 2.89. The first-order valence-corrected chi connectivity index (χ1v) is 4.56. The average molecular weight is 168 g/mol. The summed E-state index contributed by atoms with van der Waals surface area (Å²) >= 11 is 0. The van der Waals surface area contributed by atoms with Gasteiger partial charge in [0.05, 0.1) is 0 Å². The Hall–Kier alpha value is -0.410. The molecule has 2 aliphatic heterocycles. The number of amides is 1. The second kappa shape index (κ2) is 2.09. The molecular weight excluding hydrogens is 152 g/mol. The van der Waals surface area contributed by atoms with Gasteiger partial charge in [-0.25, -0.2) is 4.79 Å². The van der Waals surface area contributed by atoms with Crippen LogP contribution in [0.15, 0.2) is 0 Å². The number of quaternary nitrogens is 1. The number of piperidine rings is 2. The van der Waals surface area contributed by atoms with Gasteiger partial charge in [-0.05, 0) is 5.92 Å². The molecule has 0 aromatic rings. The molecule has 2 heterocycles. The summed E-state index contributed by atoms with van der Waals surface area (Å²) in [6, 6.07) is 0.314. The van der Waals surface area contributed by atoms with E-state index in [4.69, 9.17) is 5.84 Å². The molecule has 2 bridgehead atoms. The second-order valence-electron chi connectivity index (χ2n) is 4.80. The highest BCUT2D eigenvalue weighted by atomic mass is 16.2. The highest BCUT2D eigenvalue weighted by Crippen LogP contribution is 2.55. The van der Waals surface area contributed by atoms with Crippen LogP contribution in [0.3, 0.4) is 0 Å². The predicted molar refractivity (Wildman–Crippen MR) is 45.3 cm³/mol. The Kier molecular flexibility index (Phi) is 1.43. The van der Waals surface area contributed by atoms with Gasteiger partial charge in [-0.15, -0.1) is 0 Å². The van der Waals surface area contributed by atoms with Crippen LogP contribution in [0.4, 0.5) is 0 Å². The number of nitrogens with two attached hydrogens (primary N) is 1. The van der Waals surface area contributed by atoms with Crippen molar-refractivity contribution in [3.05, 3.63) is 0 Å². The van der Waals surface area contributed by atoms with Crippen LogP contribution in [-0.4, -0.2) is 23.6 Å². The molecule has 3 nitrogen and oxygen atoms in total. The minimum absolute atomic E-state index is 0.0312. The summed E-state index contributed by atoms with van der Waals surface area (Å²) in [7, 11) is 0. The molecule has 1 saturated carbocycles. The lowest BCUT2D eigenvalue weighted by Crippen LogP contribution is -2.75. The van der Waals surface area contributed by atoms with Crippen LogP contribution >= 0.6 is 0 Å². The molecular formula is C9H16N2O+. The van der Waals surface area contributed by atoms with E-state index in [9.17, 15) is 4.79 Å². The van der Waals surface area contributed by atoms with Crippen molar-refractivity contribution < 1.29 is 9.39 Å². The Bertz CT molecular complexity index is 225. The SMILES string of the molecule is CC1(C)C2CC[N+](N)([C]=O)C1C2. The summed E-state index contributed by atoms with van der Waals surface area (Å²) in [5, 5.41) is 0. The number of rotatable bonds is 1. The average Bonchev–Trinajstić information content (AvgIpc) is 2.04. The van der Waals surface area contributed by atoms with Gasteiger partial charge >= 0.3 is 6.41 Å². The third-order valence-corrected chi connectivity index (χ3v) is 3.99. The number of carbonyl (C=O) groups excluding carboxylic acids is 1. The molecule has 67 valence electrons. The van der Waals surface area contributed by atoms with Crippen LogP contribution in [0.25, 0.3) is 0 Å². The first-order valence-electron chi connectivity index (χ1n) is 4.56. The van der Waals surface area contributed by atoms with Gasteiger partial charge in [0.2, 0.25) is 0 Å². The molecule has 1 radical (unpaired) electrons. The van der Waals surface area contributed by atoms with E-state index in [-0.39, 0.29) is 10.0 Å². The van der Waals surface area contributed by atoms with Gasteiger partial charge in [-0.2, -0.15) is 10.4 Å². The molecule has 2 N–H and O–H groups in total. The van der Waals surface area contributed by atoms with E-state index in [1.54, 1.807) is 0 Å². The maximum Gasteiger partial charge on any atom is 0.463 e. The molecule has 3 aliphatic rings. The lowest BCUT2D eigenvalue weighted by molar-refractivity contribution is -0.907. The predicted octanol–water partition coefficient (Wildman–Crippen LogP) is 0.563. The summed E-state index contributed by atoms with van der Waals surface area (Å²) in [6.07, 6.45) is 4.18. The van der Waals surface area contributed by atoms with E-state index >= 15 is 0 Å². The Morgan fingerprint density at radius 1 is 1.58 bits per heavy atom. The zero-order valence-corrected chi connectivity index (χ0v) is 7.71. The molecule has 12 heavy (non-hydrogen) atoms. The van der Waals surface area contributed by atoms with Gasteiger partial charge in [-0.1, -0.05) is 13.8 Å². The highest BCUT2D eigenvalue weighted by molar-refractivity contribution is 5.39. The normalized spacial score (nSPS) is 49.6. The molecule has 3 atom stereocenters. The molecule has 3 fully saturated rings. The van der Waals surface area contributed by atoms with E-state index in [1.807, 2.05) is 6.41 Å². The van der Waals surface area contributed by atoms with Crippen LogP contribution in [0.5, 0.6) is 0 Å². The third-order valence-electron chi connectivity index (χ3n) is 3.99. The monoisotopic (exact) mass is 168 g/mol. The highest BCUT2D eigenvalue weighted by Gasteiger charge is 2.62. The van der Waals surface area contributed by atoms with Crippen LogP contribution in [0, 0.1) is 11.3 Å². The van der Waals surface area contributed by atoms with Gasteiger partial charge in [0, 0.05) is 18.3 Å². The largest absolute Gasteiger partial charge is 0.463 e. The van der Waals surface area contributed by atoms with Gasteiger partial charge in [-0.3, -0.25) is 0 Å². The van der Waals surface area contributed by atoms with Crippen molar-refractivity contribution in [1.82, 2.24) is 0 Å². The number of hydrogen-bond donors (Lipinski definition) is 1. The molecule has 0 aromatic carbocycles. The van der Waals surface area contributed by atoms with Gasteiger partial charge in [0.1, 0.15) is 12.6 Å². The van der Waals surface area contributed by atoms with Crippen molar-refractivity contribution in [3.63, 3.8) is 0 Å². The molecule has 0 spiro atoms. The fraction of sp³-hybridized carbons (Fsp3) is 0.889. The summed E-state index contributed by atoms with van der Waals surface area (Å²) in [5.41, 5.74) is 0.254. The third kappa shape index (κ3) is 0.756. The first-order chi connectivity index (χ1) is 5.50. The minimum atomic E-state index is 0.0312. The van der Waals surface area contributed by atoms with Gasteiger partial charge in [0.25, 0.3) is 0 Å². The molecule has 0 aromatic heterocycles. The van der Waals surface area contributed by atoms with Crippen molar-refractivity contribution in [2.45, 2.75) is 32.7 Å². The van der Waals surface area contributed by atoms with E-state index in [1.165, 1.54) is 0 Å². The standard InChI is InChI=1S/C9H16N2O/c1-9(2)7-3-4-11(10,6-12)8(9)5-7/h7-8H,3-5,10H2,1-2H3/q+1. The first kappa shape index (κ1) is 8.20. The Morgan fingerprint density at radius 2 is 2.25 bits per heavy atom. The smallest absolute Gasteiger partial charge is 0.213 e. The molecule has 1 aliphatic carbocycles. The molecule has 3 rings (SSSR count). The van der Waals surface area contributed by atoms with E-state index in [0.717, 1.165) is 25.3 Å². The van der Waals surface area contributed by atoms with E-state index in [2.05, 4.69) is 13.8 Å². The van der Waals surface area contributed by atoms with Crippen LogP contribution in [-0.2, 0) is 4.79 Å². The van der Waals surface area contributed by atoms with Crippen molar-refractivity contribution in [3.8, 4) is 0 Å². The lowest BCUT2D eigenvalue weighted by Gasteiger charge is -2.59. The van der Waals surface area contributed by atoms with Gasteiger partial charge in [0.15, 0.2) is 0 Å². The summed E-state index contributed by atoms with van der Waals surface area (Å²) in [6.45, 7) is 5.20. The van der Waals surface area contributed by atoms with Crippen molar-refractivity contribution in [2.24, 2.45) is 17.2 Å². The fourth-order valence-corrected chi connectivity index (χ4v) is 2.89. The van der Waals surface area contributed by atoms with Crippen molar-refractivity contribution >= 4 is 6.41 Å². The zero-order chi connectivity index (χ0) is 8.98. The van der Waals surface area contributed by atoms with Crippen LogP contribution in [0.2, 0.25) is 0 Å². The van der Waals surface area contributed by atoms with Crippen molar-refractivity contribution in [2.75, 3.05) is 6.54 Å². The van der Waals surface area contributed by atoms with Crippen LogP contribution in [0.1, 0.15) is 26.7 Å². The Morgan fingerprint density at radius 3 is 2.58 bits per heavy atom. The number of hydrogen-bond acceptors (Lipinski definition) is 2.